The second kappa shape index (κ2) is 36.1. The second-order valence-corrected chi connectivity index (χ2v) is 38.8. The molecule has 0 saturated carbocycles. The fourth-order valence-electron chi connectivity index (χ4n) is 22.9. The van der Waals surface area contributed by atoms with Gasteiger partial charge in [0.1, 0.15) is 39.1 Å². The van der Waals surface area contributed by atoms with Gasteiger partial charge in [0.05, 0.1) is 17.7 Å². The number of hydrogen-bond acceptors (Lipinski definition) is 9. The molecule has 145 heavy (non-hydrogen) atoms. The minimum Gasteiger partial charge on any atom is -0.464 e. The molecule has 4 bridgehead atoms. The average Bonchev–Trinajstić information content (AvgIpc) is 1.56. The second-order valence-electron chi connectivity index (χ2n) is 38.8. The van der Waals surface area contributed by atoms with Crippen molar-refractivity contribution < 1.29 is 17.7 Å². The van der Waals surface area contributed by atoms with Crippen LogP contribution in [0.25, 0.3) is 139 Å². The Morgan fingerprint density at radius 1 is 0.359 bits per heavy atom. The van der Waals surface area contributed by atoms with Crippen molar-refractivity contribution in [2.45, 2.75) is 56.4 Å². The Balaban J connectivity index is 0.000000111. The lowest BCUT2D eigenvalue weighted by Crippen LogP contribution is -2.26. The monoisotopic (exact) mass is 1870 g/mol. The summed E-state index contributed by atoms with van der Waals surface area (Å²) in [4.78, 5) is 7.05. The first-order chi connectivity index (χ1) is 71.4. The van der Waals surface area contributed by atoms with Crippen LogP contribution in [-0.4, -0.2) is 4.57 Å². The molecule has 10 heteroatoms. The summed E-state index contributed by atoms with van der Waals surface area (Å²) in [6, 6.07) is 134. The minimum atomic E-state index is -0.113. The molecule has 28 rings (SSSR count). The molecule has 16 aromatic carbocycles. The van der Waals surface area contributed by atoms with Crippen LogP contribution >= 0.6 is 0 Å². The van der Waals surface area contributed by atoms with Gasteiger partial charge in [-0.25, -0.2) is 0 Å². The van der Waals surface area contributed by atoms with Gasteiger partial charge in [0.25, 0.3) is 0 Å². The van der Waals surface area contributed by atoms with E-state index in [2.05, 4.69) is 446 Å². The van der Waals surface area contributed by atoms with Gasteiger partial charge in [-0.15, -0.1) is 0 Å². The van der Waals surface area contributed by atoms with Crippen LogP contribution in [0.1, 0.15) is 78.8 Å². The van der Waals surface area contributed by atoms with Gasteiger partial charge in [-0.2, -0.15) is 0 Å². The van der Waals surface area contributed by atoms with E-state index in [1.54, 1.807) is 6.26 Å². The molecule has 694 valence electrons. The van der Waals surface area contributed by atoms with Crippen LogP contribution in [0.3, 0.4) is 0 Å². The zero-order valence-corrected chi connectivity index (χ0v) is 80.4. The molecular weight excluding hydrogens is 1770 g/mol. The highest BCUT2D eigenvalue weighted by Crippen LogP contribution is 2.54. The van der Waals surface area contributed by atoms with Crippen LogP contribution in [0.2, 0.25) is 0 Å². The van der Waals surface area contributed by atoms with E-state index in [4.69, 9.17) is 17.7 Å². The lowest BCUT2D eigenvalue weighted by atomic mass is 9.82. The normalized spacial score (nSPS) is 16.0. The number of nitrogens with one attached hydrogen (secondary N) is 2. The summed E-state index contributed by atoms with van der Waals surface area (Å²) < 4.78 is 27.6. The maximum absolute atomic E-state index is 6.41. The van der Waals surface area contributed by atoms with E-state index >= 15 is 0 Å². The number of benzene rings is 16. The number of nitrogens with zero attached hydrogens (tertiary/aromatic N) is 4. The first-order valence-electron chi connectivity index (χ1n) is 49.9. The third-order valence-corrected chi connectivity index (χ3v) is 29.9. The summed E-state index contributed by atoms with van der Waals surface area (Å²) in [7, 11) is 0. The highest BCUT2D eigenvalue weighted by atomic mass is 16.3. The van der Waals surface area contributed by atoms with Gasteiger partial charge < -0.3 is 47.6 Å². The van der Waals surface area contributed by atoms with Crippen molar-refractivity contribution in [3.8, 4) is 33.4 Å². The predicted molar refractivity (Wildman–Crippen MR) is 606 cm³/mol. The molecule has 7 aliphatic rings. The van der Waals surface area contributed by atoms with Crippen LogP contribution in [0.4, 0.5) is 68.2 Å². The summed E-state index contributed by atoms with van der Waals surface area (Å²) in [6.07, 6.45) is 35.4. The number of fused-ring (bicyclic) bond motifs is 26. The molecule has 0 spiro atoms. The fraction of sp³-hybridized carbons (Fsp3) is 0.0667. The molecule has 3 aliphatic heterocycles. The van der Waals surface area contributed by atoms with Crippen molar-refractivity contribution in [2.75, 3.05) is 25.3 Å². The molecule has 21 aromatic rings. The summed E-state index contributed by atoms with van der Waals surface area (Å²) >= 11 is 0. The van der Waals surface area contributed by atoms with Crippen LogP contribution in [0, 0.1) is 0 Å². The number of furan rings is 3. The number of rotatable bonds is 13. The number of para-hydroxylation sites is 5. The van der Waals surface area contributed by atoms with Gasteiger partial charge in [-0.3, -0.25) is 0 Å². The van der Waals surface area contributed by atoms with Crippen molar-refractivity contribution in [3.63, 3.8) is 0 Å². The van der Waals surface area contributed by atoms with E-state index in [0.29, 0.717) is 6.04 Å². The highest BCUT2D eigenvalue weighted by molar-refractivity contribution is 6.10. The van der Waals surface area contributed by atoms with Gasteiger partial charge in [0.15, 0.2) is 0 Å². The summed E-state index contributed by atoms with van der Waals surface area (Å²) in [5, 5.41) is 18.9. The molecule has 10 nitrogen and oxygen atoms in total. The first kappa shape index (κ1) is 86.9. The van der Waals surface area contributed by atoms with E-state index in [9.17, 15) is 0 Å². The molecule has 4 aliphatic carbocycles. The Morgan fingerprint density at radius 2 is 0.821 bits per heavy atom. The van der Waals surface area contributed by atoms with Gasteiger partial charge in [0.2, 0.25) is 0 Å². The van der Waals surface area contributed by atoms with Gasteiger partial charge in [-0.1, -0.05) is 301 Å². The summed E-state index contributed by atoms with van der Waals surface area (Å²) in [5.74, 6) is 0.497. The fourth-order valence-corrected chi connectivity index (χ4v) is 22.9. The van der Waals surface area contributed by atoms with Crippen molar-refractivity contribution in [1.82, 2.24) is 4.57 Å². The Bertz CT molecular complexity index is 9220. The number of allylic oxidation sites excluding steroid dienone is 15. The minimum absolute atomic E-state index is 0.113. The SMILES string of the molecule is C1=CC2=CC(C1)c1cc(N(c3ccc(-c4ccccc4)cc3)c3ccc(-c4cccc5ccccc5occ4)cc3)ccc1Nc1ccccc12.C=C/C=C1/Nc2ccc(N(c3ccc4c(c3)C(C)(C)c3ccccc3-4)c3ccc4c(c3)oc3ccccc34)cc2C2C=C(C=CC2)C1=C.C=C/C=c1\c2n(c3ccc(N(c4ccc5c(c4)oc4ccccc45)c4ccc5c(c4)oc4ccccc45)cc13)C1CC=CC=C1C=2. The molecule has 8 heterocycles. The van der Waals surface area contributed by atoms with Crippen molar-refractivity contribution >= 4 is 174 Å². The molecular formula is C135H100N6O4. The summed E-state index contributed by atoms with van der Waals surface area (Å²) in [5.41, 5.74) is 39.7. The topological polar surface area (TPSA) is 91.3 Å². The van der Waals surface area contributed by atoms with E-state index in [1.165, 1.54) is 82.7 Å². The predicted octanol–water partition coefficient (Wildman–Crippen LogP) is 36.0. The van der Waals surface area contributed by atoms with Gasteiger partial charge >= 0.3 is 0 Å². The third-order valence-electron chi connectivity index (χ3n) is 29.9. The van der Waals surface area contributed by atoms with Gasteiger partial charge in [0, 0.05) is 169 Å². The first-order valence-corrected chi connectivity index (χ1v) is 49.9. The van der Waals surface area contributed by atoms with E-state index in [1.807, 2.05) is 78.9 Å². The quantitative estimate of drug-likeness (QED) is 0.117. The highest BCUT2D eigenvalue weighted by Gasteiger charge is 2.37. The molecule has 0 saturated heterocycles. The van der Waals surface area contributed by atoms with Crippen LogP contribution in [0.5, 0.6) is 0 Å². The zero-order valence-electron chi connectivity index (χ0n) is 80.4. The number of hydrogen-bond donors (Lipinski definition) is 2. The molecule has 0 radical (unpaired) electrons. The maximum atomic E-state index is 6.41. The molecule has 0 fully saturated rings. The van der Waals surface area contributed by atoms with Crippen LogP contribution < -0.4 is 35.9 Å². The largest absolute Gasteiger partial charge is 0.464 e. The Morgan fingerprint density at radius 3 is 1.45 bits per heavy atom. The number of anilines is 12. The Labute approximate surface area is 841 Å². The molecule has 3 unspecified atom stereocenters. The van der Waals surface area contributed by atoms with E-state index in [0.717, 1.165) is 192 Å². The lowest BCUT2D eigenvalue weighted by Gasteiger charge is -2.31. The average molecular weight is 1870 g/mol. The van der Waals surface area contributed by atoms with Crippen LogP contribution in [0.15, 0.2) is 515 Å². The van der Waals surface area contributed by atoms with Crippen molar-refractivity contribution in [3.05, 3.63) is 536 Å². The van der Waals surface area contributed by atoms with Gasteiger partial charge in [-0.05, 0) is 273 Å². The Kier molecular flexibility index (Phi) is 21.6. The maximum Gasteiger partial charge on any atom is 0.137 e. The molecule has 2 N–H and O–H groups in total. The molecule has 5 aromatic heterocycles. The number of aromatic nitrogens is 1. The van der Waals surface area contributed by atoms with Crippen molar-refractivity contribution in [2.24, 2.45) is 0 Å². The summed E-state index contributed by atoms with van der Waals surface area (Å²) in [6.45, 7) is 17.1. The van der Waals surface area contributed by atoms with Crippen molar-refractivity contribution in [1.29, 1.82) is 0 Å². The molecule has 0 amide bonds. The molecule has 3 atom stereocenters. The Hall–Kier alpha value is -18.4. The smallest absolute Gasteiger partial charge is 0.137 e. The third kappa shape index (κ3) is 15.5. The van der Waals surface area contributed by atoms with E-state index < -0.39 is 0 Å². The van der Waals surface area contributed by atoms with E-state index in [-0.39, 0.29) is 17.3 Å². The zero-order chi connectivity index (χ0) is 96.9. The standard InChI is InChI=1S/C48H36N2O.C45H36N2O.C42H28N2O2/c1-2-10-34(11-3-1)36-20-24-41(25-21-36)50(42-26-22-37(23-27-42)35-13-8-14-38-12-4-7-19-48(38)51-31-30-35)43-28-29-47-45(33-43)40-16-9-15-39(32-40)44-17-5-6-18-46(44)49-47;1-5-11-41-28(2)29-12-10-13-30(24-29)38-25-31(20-23-42(38)46-41)47(33-19-22-37-36-15-7-9-17-43(36)48-44(37)27-33)32-18-21-35-34-14-6-8-16-39(34)45(3,4)40(35)26-32;1-2-9-30-35-23-27(18-21-37(35)44-36-13-6-3-10-26(36)22-38(30)44)43(28-16-19-33-31-11-4-7-14-39(31)45-41(33)24-28)29-17-20-34-32-12-5-8-15-40(32)46-42(34)25-29/h1-15,17-33,40,49H,16H2;5-12,14-27,30,46H,1-2,13H2,3-4H3;2-12,14-25,36H,1,13H2/b;41-11+;30-9-. The van der Waals surface area contributed by atoms with Crippen LogP contribution in [-0.2, 0) is 5.41 Å². The lowest BCUT2D eigenvalue weighted by molar-refractivity contribution is 0.607.